The molecule has 0 aliphatic rings. The molecule has 0 spiro atoms. The van der Waals surface area contributed by atoms with Crippen molar-refractivity contribution in [2.75, 3.05) is 32.4 Å². The number of hydrogen-bond donors (Lipinski definition) is 1. The summed E-state index contributed by atoms with van der Waals surface area (Å²) in [6.45, 7) is 0. The van der Waals surface area contributed by atoms with Crippen molar-refractivity contribution in [3.8, 4) is 34.5 Å². The monoisotopic (exact) mass is 477 g/mol. The second-order valence-electron chi connectivity index (χ2n) is 6.99. The molecule has 174 valence electrons. The number of nitrogens with one attached hydrogen (secondary N) is 1. The van der Waals surface area contributed by atoms with Crippen LogP contribution < -0.4 is 19.5 Å². The molecule has 0 saturated heterocycles. The van der Waals surface area contributed by atoms with Crippen LogP contribution in [0.2, 0.25) is 0 Å². The van der Waals surface area contributed by atoms with Crippen molar-refractivity contribution >= 4 is 23.4 Å². The molecule has 1 N–H and O–H groups in total. The summed E-state index contributed by atoms with van der Waals surface area (Å²) in [5.74, 6) is 2.40. The number of carbonyl (C=O) groups excluding carboxylic acids is 1. The lowest BCUT2D eigenvalue weighted by molar-refractivity contribution is -0.113. The topological polar surface area (TPSA) is 100 Å². The maximum atomic E-state index is 12.7. The Hall–Kier alpha value is -4.05. The second-order valence-corrected chi connectivity index (χ2v) is 7.94. The fourth-order valence-corrected chi connectivity index (χ4v) is 3.95. The minimum Gasteiger partial charge on any atom is -0.497 e. The number of aromatic nitrogens is 4. The van der Waals surface area contributed by atoms with Gasteiger partial charge in [-0.2, -0.15) is 0 Å². The summed E-state index contributed by atoms with van der Waals surface area (Å²) in [6.07, 6.45) is 1.70. The van der Waals surface area contributed by atoms with Crippen molar-refractivity contribution in [1.82, 2.24) is 19.7 Å². The molecular weight excluding hydrogens is 454 g/mol. The van der Waals surface area contributed by atoms with Crippen LogP contribution in [-0.4, -0.2) is 52.7 Å². The molecule has 2 heterocycles. The Labute approximate surface area is 201 Å². The molecule has 2 aromatic carbocycles. The van der Waals surface area contributed by atoms with Crippen molar-refractivity contribution in [3.63, 3.8) is 0 Å². The molecule has 0 radical (unpaired) electrons. The van der Waals surface area contributed by atoms with Crippen LogP contribution in [-0.2, 0) is 4.79 Å². The number of benzene rings is 2. The van der Waals surface area contributed by atoms with Crippen LogP contribution in [0.4, 0.5) is 5.69 Å². The lowest BCUT2D eigenvalue weighted by atomic mass is 10.2. The van der Waals surface area contributed by atoms with Crippen LogP contribution in [0, 0.1) is 0 Å². The van der Waals surface area contributed by atoms with Gasteiger partial charge in [0, 0.05) is 30.1 Å². The third kappa shape index (κ3) is 5.29. The van der Waals surface area contributed by atoms with Gasteiger partial charge in [0.2, 0.25) is 5.91 Å². The van der Waals surface area contributed by atoms with Gasteiger partial charge in [-0.05, 0) is 36.4 Å². The Balaban J connectivity index is 1.57. The minimum atomic E-state index is -0.205. The average Bonchev–Trinajstić information content (AvgIpc) is 3.31. The molecule has 0 fully saturated rings. The van der Waals surface area contributed by atoms with E-state index in [2.05, 4.69) is 20.5 Å². The summed E-state index contributed by atoms with van der Waals surface area (Å²) >= 11 is 1.27. The standard InChI is InChI=1S/C24H23N5O4S/c1-31-18-9-7-17(8-10-18)29-23(21-6-4-5-11-25-21)27-28-24(29)34-15-22(30)26-16-12-19(32-2)14-20(13-16)33-3/h4-14H,15H2,1-3H3,(H,26,30). The van der Waals surface area contributed by atoms with Crippen molar-refractivity contribution in [3.05, 3.63) is 66.9 Å². The number of ether oxygens (including phenoxy) is 3. The molecule has 0 unspecified atom stereocenters. The van der Waals surface area contributed by atoms with Gasteiger partial charge < -0.3 is 19.5 Å². The zero-order chi connectivity index (χ0) is 23.9. The number of pyridine rings is 1. The Morgan fingerprint density at radius 1 is 0.912 bits per heavy atom. The van der Waals surface area contributed by atoms with Gasteiger partial charge in [0.25, 0.3) is 0 Å². The van der Waals surface area contributed by atoms with Gasteiger partial charge in [-0.25, -0.2) is 0 Å². The van der Waals surface area contributed by atoms with Crippen molar-refractivity contribution < 1.29 is 19.0 Å². The van der Waals surface area contributed by atoms with Crippen molar-refractivity contribution in [2.24, 2.45) is 0 Å². The molecule has 0 saturated carbocycles. The molecule has 1 amide bonds. The number of amides is 1. The van der Waals surface area contributed by atoms with E-state index in [0.717, 1.165) is 11.4 Å². The quantitative estimate of drug-likeness (QED) is 0.360. The van der Waals surface area contributed by atoms with E-state index in [9.17, 15) is 4.79 Å². The van der Waals surface area contributed by atoms with Crippen LogP contribution in [0.15, 0.2) is 72.0 Å². The third-order valence-electron chi connectivity index (χ3n) is 4.83. The second kappa shape index (κ2) is 10.7. The molecule has 4 rings (SSSR count). The molecule has 4 aromatic rings. The Kier molecular flexibility index (Phi) is 7.28. The summed E-state index contributed by atoms with van der Waals surface area (Å²) in [5.41, 5.74) is 2.07. The Morgan fingerprint density at radius 2 is 1.62 bits per heavy atom. The first-order valence-electron chi connectivity index (χ1n) is 10.3. The molecular formula is C24H23N5O4S. The molecule has 34 heavy (non-hydrogen) atoms. The Bertz CT molecular complexity index is 1240. The highest BCUT2D eigenvalue weighted by Gasteiger charge is 2.18. The number of carbonyl (C=O) groups is 1. The lowest BCUT2D eigenvalue weighted by Crippen LogP contribution is -2.14. The van der Waals surface area contributed by atoms with Gasteiger partial charge in [0.05, 0.1) is 32.8 Å². The Morgan fingerprint density at radius 3 is 2.24 bits per heavy atom. The van der Waals surface area contributed by atoms with Gasteiger partial charge in [0.1, 0.15) is 22.9 Å². The third-order valence-corrected chi connectivity index (χ3v) is 5.75. The van der Waals surface area contributed by atoms with Gasteiger partial charge in [-0.15, -0.1) is 10.2 Å². The predicted octanol–water partition coefficient (Wildman–Crippen LogP) is 4.09. The largest absolute Gasteiger partial charge is 0.497 e. The summed E-state index contributed by atoms with van der Waals surface area (Å²) in [5, 5.41) is 12.1. The predicted molar refractivity (Wildman–Crippen MR) is 130 cm³/mol. The molecule has 0 aliphatic heterocycles. The van der Waals surface area contributed by atoms with E-state index in [-0.39, 0.29) is 11.7 Å². The van der Waals surface area contributed by atoms with E-state index in [1.54, 1.807) is 45.7 Å². The average molecular weight is 478 g/mol. The van der Waals surface area contributed by atoms with Crippen LogP contribution in [0.25, 0.3) is 17.2 Å². The zero-order valence-corrected chi connectivity index (χ0v) is 19.7. The van der Waals surface area contributed by atoms with E-state index in [1.165, 1.54) is 11.8 Å². The molecule has 10 heteroatoms. The first-order valence-corrected chi connectivity index (χ1v) is 11.3. The first-order chi connectivity index (χ1) is 16.6. The number of methoxy groups -OCH3 is 3. The maximum Gasteiger partial charge on any atom is 0.234 e. The van der Waals surface area contributed by atoms with Crippen molar-refractivity contribution in [2.45, 2.75) is 5.16 Å². The van der Waals surface area contributed by atoms with Crippen LogP contribution in [0.5, 0.6) is 17.2 Å². The molecule has 0 atom stereocenters. The molecule has 9 nitrogen and oxygen atoms in total. The number of rotatable bonds is 9. The lowest BCUT2D eigenvalue weighted by Gasteiger charge is -2.11. The van der Waals surface area contributed by atoms with E-state index in [4.69, 9.17) is 14.2 Å². The van der Waals surface area contributed by atoms with Gasteiger partial charge in [0.15, 0.2) is 11.0 Å². The zero-order valence-electron chi connectivity index (χ0n) is 18.9. The summed E-state index contributed by atoms with van der Waals surface area (Å²) in [6, 6.07) is 18.3. The van der Waals surface area contributed by atoms with E-state index >= 15 is 0 Å². The van der Waals surface area contributed by atoms with E-state index in [1.807, 2.05) is 47.0 Å². The van der Waals surface area contributed by atoms with Crippen molar-refractivity contribution in [1.29, 1.82) is 0 Å². The van der Waals surface area contributed by atoms with Gasteiger partial charge >= 0.3 is 0 Å². The summed E-state index contributed by atoms with van der Waals surface area (Å²) < 4.78 is 17.7. The smallest absolute Gasteiger partial charge is 0.234 e. The van der Waals surface area contributed by atoms with Gasteiger partial charge in [-0.3, -0.25) is 14.3 Å². The fraction of sp³-hybridized carbons (Fsp3) is 0.167. The SMILES string of the molecule is COc1ccc(-n2c(SCC(=O)Nc3cc(OC)cc(OC)c3)nnc2-c2ccccn2)cc1. The highest BCUT2D eigenvalue weighted by atomic mass is 32.2. The normalized spacial score (nSPS) is 10.6. The number of thioether (sulfide) groups is 1. The highest BCUT2D eigenvalue weighted by molar-refractivity contribution is 7.99. The number of nitrogens with zero attached hydrogens (tertiary/aromatic N) is 4. The maximum absolute atomic E-state index is 12.7. The number of anilines is 1. The molecule has 2 aromatic heterocycles. The highest BCUT2D eigenvalue weighted by Crippen LogP contribution is 2.29. The van der Waals surface area contributed by atoms with Crippen LogP contribution in [0.3, 0.4) is 0 Å². The van der Waals surface area contributed by atoms with Crippen LogP contribution in [0.1, 0.15) is 0 Å². The summed E-state index contributed by atoms with van der Waals surface area (Å²) in [7, 11) is 4.73. The van der Waals surface area contributed by atoms with E-state index in [0.29, 0.717) is 33.9 Å². The fourth-order valence-electron chi connectivity index (χ4n) is 3.20. The first kappa shape index (κ1) is 23.1. The van der Waals surface area contributed by atoms with Crippen LogP contribution >= 0.6 is 11.8 Å². The summed E-state index contributed by atoms with van der Waals surface area (Å²) in [4.78, 5) is 17.1. The minimum absolute atomic E-state index is 0.121. The molecule has 0 bridgehead atoms. The van der Waals surface area contributed by atoms with E-state index < -0.39 is 0 Å². The molecule has 0 aliphatic carbocycles. The van der Waals surface area contributed by atoms with Gasteiger partial charge in [-0.1, -0.05) is 17.8 Å². The number of hydrogen-bond acceptors (Lipinski definition) is 8.